The van der Waals surface area contributed by atoms with Crippen molar-refractivity contribution < 1.29 is 23.5 Å². The first-order valence-corrected chi connectivity index (χ1v) is 9.40. The van der Waals surface area contributed by atoms with Crippen molar-refractivity contribution in [3.05, 3.63) is 47.3 Å². The number of nitrogens with one attached hydrogen (secondary N) is 2. The van der Waals surface area contributed by atoms with Crippen LogP contribution in [0.25, 0.3) is 0 Å². The smallest absolute Gasteiger partial charge is 0.262 e. The number of amides is 2. The maximum atomic E-state index is 13.7. The van der Waals surface area contributed by atoms with Crippen LogP contribution in [0.2, 0.25) is 0 Å². The molecule has 0 radical (unpaired) electrons. The number of rotatable bonds is 4. The van der Waals surface area contributed by atoms with Crippen LogP contribution in [0, 0.1) is 12.7 Å². The number of halogens is 1. The molecule has 2 aliphatic rings. The van der Waals surface area contributed by atoms with Crippen molar-refractivity contribution in [1.29, 1.82) is 0 Å². The molecule has 7 nitrogen and oxygen atoms in total. The van der Waals surface area contributed by atoms with E-state index >= 15 is 0 Å². The van der Waals surface area contributed by atoms with Crippen molar-refractivity contribution in [3.8, 4) is 11.5 Å². The van der Waals surface area contributed by atoms with Gasteiger partial charge in [0.2, 0.25) is 5.91 Å². The second-order valence-corrected chi connectivity index (χ2v) is 7.21. The average Bonchev–Trinajstić information content (AvgIpc) is 2.69. The van der Waals surface area contributed by atoms with Gasteiger partial charge in [-0.25, -0.2) is 4.39 Å². The molecule has 4 rings (SSSR count). The van der Waals surface area contributed by atoms with Crippen molar-refractivity contribution in [2.24, 2.45) is 0 Å². The highest BCUT2D eigenvalue weighted by molar-refractivity contribution is 5.95. The molecule has 2 aromatic rings. The van der Waals surface area contributed by atoms with Crippen LogP contribution < -0.4 is 25.0 Å². The molecule has 29 heavy (non-hydrogen) atoms. The van der Waals surface area contributed by atoms with Crippen LogP contribution in [0.15, 0.2) is 30.3 Å². The SMILES string of the molecule is CNC(=O)C[C@@H]1COc2cc(F)ccc2N1Cc1cc(C)c2c(c1)NC(=O)CO2. The number of anilines is 2. The maximum absolute atomic E-state index is 13.7. The molecule has 8 heteroatoms. The molecule has 1 atom stereocenters. The van der Waals surface area contributed by atoms with Gasteiger partial charge in [-0.05, 0) is 36.2 Å². The Morgan fingerprint density at radius 1 is 1.31 bits per heavy atom. The van der Waals surface area contributed by atoms with E-state index in [4.69, 9.17) is 9.47 Å². The molecule has 152 valence electrons. The summed E-state index contributed by atoms with van der Waals surface area (Å²) in [4.78, 5) is 25.7. The number of benzene rings is 2. The Bertz CT molecular complexity index is 979. The summed E-state index contributed by atoms with van der Waals surface area (Å²) in [5, 5.41) is 5.48. The minimum Gasteiger partial charge on any atom is -0.489 e. The standard InChI is InChI=1S/C21H22FN3O4/c1-12-5-13(6-16-21(12)29-11-20(27)24-16)9-25-15(8-19(26)23-2)10-28-18-7-14(22)3-4-17(18)25/h3-7,15H,8-11H2,1-2H3,(H,23,26)(H,24,27)/t15-/m1/s1. The van der Waals surface area contributed by atoms with Gasteiger partial charge in [0.15, 0.2) is 6.61 Å². The zero-order valence-electron chi connectivity index (χ0n) is 16.3. The topological polar surface area (TPSA) is 79.9 Å². The van der Waals surface area contributed by atoms with Gasteiger partial charge < -0.3 is 25.0 Å². The van der Waals surface area contributed by atoms with Crippen molar-refractivity contribution >= 4 is 23.2 Å². The molecule has 2 heterocycles. The fourth-order valence-corrected chi connectivity index (χ4v) is 3.76. The summed E-state index contributed by atoms with van der Waals surface area (Å²) < 4.78 is 24.9. The minimum absolute atomic E-state index is 0.00376. The lowest BCUT2D eigenvalue weighted by atomic mass is 10.0. The summed E-state index contributed by atoms with van der Waals surface area (Å²) in [6.07, 6.45) is 0.247. The van der Waals surface area contributed by atoms with E-state index in [1.165, 1.54) is 12.1 Å². The summed E-state index contributed by atoms with van der Waals surface area (Å²) in [7, 11) is 1.59. The Kier molecular flexibility index (Phi) is 5.00. The number of carbonyl (C=O) groups excluding carboxylic acids is 2. The van der Waals surface area contributed by atoms with E-state index in [1.54, 1.807) is 13.1 Å². The van der Waals surface area contributed by atoms with Gasteiger partial charge in [-0.3, -0.25) is 9.59 Å². The van der Waals surface area contributed by atoms with Gasteiger partial charge in [-0.1, -0.05) is 6.07 Å². The van der Waals surface area contributed by atoms with Crippen LogP contribution in [-0.4, -0.2) is 38.1 Å². The van der Waals surface area contributed by atoms with Crippen molar-refractivity contribution in [3.63, 3.8) is 0 Å². The van der Waals surface area contributed by atoms with Gasteiger partial charge in [0, 0.05) is 19.7 Å². The normalized spacial score (nSPS) is 17.4. The van der Waals surface area contributed by atoms with Crippen molar-refractivity contribution in [2.75, 3.05) is 30.5 Å². The fourth-order valence-electron chi connectivity index (χ4n) is 3.76. The highest BCUT2D eigenvalue weighted by atomic mass is 19.1. The number of hydrogen-bond acceptors (Lipinski definition) is 5. The van der Waals surface area contributed by atoms with Crippen LogP contribution >= 0.6 is 0 Å². The van der Waals surface area contributed by atoms with E-state index in [2.05, 4.69) is 10.6 Å². The third-order valence-electron chi connectivity index (χ3n) is 5.11. The summed E-state index contributed by atoms with van der Waals surface area (Å²) in [6.45, 7) is 2.66. The molecular weight excluding hydrogens is 377 g/mol. The van der Waals surface area contributed by atoms with E-state index in [-0.39, 0.29) is 43.3 Å². The first-order chi connectivity index (χ1) is 13.9. The summed E-state index contributed by atoms with van der Waals surface area (Å²) in [5.74, 6) is 0.442. The fraction of sp³-hybridized carbons (Fsp3) is 0.333. The number of ether oxygens (including phenoxy) is 2. The summed E-state index contributed by atoms with van der Waals surface area (Å²) in [6, 6.07) is 8.04. The molecule has 2 aliphatic heterocycles. The molecule has 0 aromatic heterocycles. The van der Waals surface area contributed by atoms with Gasteiger partial charge >= 0.3 is 0 Å². The zero-order valence-corrected chi connectivity index (χ0v) is 16.3. The molecule has 2 aromatic carbocycles. The molecule has 0 bridgehead atoms. The van der Waals surface area contributed by atoms with Gasteiger partial charge in [0.25, 0.3) is 5.91 Å². The highest BCUT2D eigenvalue weighted by Crippen LogP contribution is 2.38. The van der Waals surface area contributed by atoms with Gasteiger partial charge in [-0.2, -0.15) is 0 Å². The third kappa shape index (κ3) is 3.83. The Morgan fingerprint density at radius 2 is 2.14 bits per heavy atom. The Balaban J connectivity index is 1.69. The lowest BCUT2D eigenvalue weighted by Gasteiger charge is -2.38. The highest BCUT2D eigenvalue weighted by Gasteiger charge is 2.30. The second kappa shape index (κ2) is 7.62. The number of fused-ring (bicyclic) bond motifs is 2. The Labute approximate surface area is 167 Å². The monoisotopic (exact) mass is 399 g/mol. The van der Waals surface area contributed by atoms with E-state index in [0.29, 0.717) is 23.7 Å². The van der Waals surface area contributed by atoms with E-state index in [9.17, 15) is 14.0 Å². The molecule has 2 N–H and O–H groups in total. The first-order valence-electron chi connectivity index (χ1n) is 9.40. The summed E-state index contributed by atoms with van der Waals surface area (Å²) in [5.41, 5.74) is 3.20. The van der Waals surface area contributed by atoms with E-state index in [0.717, 1.165) is 16.8 Å². The maximum Gasteiger partial charge on any atom is 0.262 e. The van der Waals surface area contributed by atoms with Crippen molar-refractivity contribution in [1.82, 2.24) is 5.32 Å². The molecular formula is C21H22FN3O4. The zero-order chi connectivity index (χ0) is 20.5. The lowest BCUT2D eigenvalue weighted by Crippen LogP contribution is -2.45. The van der Waals surface area contributed by atoms with Crippen LogP contribution in [0.5, 0.6) is 11.5 Å². The predicted octanol–water partition coefficient (Wildman–Crippen LogP) is 2.37. The Morgan fingerprint density at radius 3 is 2.93 bits per heavy atom. The molecule has 0 saturated heterocycles. The van der Waals surface area contributed by atoms with E-state index in [1.807, 2.05) is 24.0 Å². The molecule has 0 saturated carbocycles. The van der Waals surface area contributed by atoms with Gasteiger partial charge in [0.1, 0.15) is 23.9 Å². The predicted molar refractivity (Wildman–Crippen MR) is 106 cm³/mol. The first kappa shape index (κ1) is 19.0. The van der Waals surface area contributed by atoms with Crippen molar-refractivity contribution in [2.45, 2.75) is 25.9 Å². The second-order valence-electron chi connectivity index (χ2n) is 7.21. The average molecular weight is 399 g/mol. The molecule has 0 fully saturated rings. The van der Waals surface area contributed by atoms with Crippen LogP contribution in [-0.2, 0) is 16.1 Å². The number of aryl methyl sites for hydroxylation is 1. The Hall–Kier alpha value is -3.29. The molecule has 2 amide bonds. The molecule has 0 unspecified atom stereocenters. The minimum atomic E-state index is -0.377. The van der Waals surface area contributed by atoms with E-state index < -0.39 is 0 Å². The van der Waals surface area contributed by atoms with Crippen LogP contribution in [0.4, 0.5) is 15.8 Å². The van der Waals surface area contributed by atoms with Crippen LogP contribution in [0.3, 0.4) is 0 Å². The van der Waals surface area contributed by atoms with Crippen LogP contribution in [0.1, 0.15) is 17.5 Å². The number of hydrogen-bond donors (Lipinski definition) is 2. The molecule has 0 aliphatic carbocycles. The summed E-state index contributed by atoms with van der Waals surface area (Å²) >= 11 is 0. The van der Waals surface area contributed by atoms with Gasteiger partial charge in [0.05, 0.1) is 23.8 Å². The molecule has 0 spiro atoms. The quantitative estimate of drug-likeness (QED) is 0.825. The largest absolute Gasteiger partial charge is 0.489 e. The van der Waals surface area contributed by atoms with Gasteiger partial charge in [-0.15, -0.1) is 0 Å². The lowest BCUT2D eigenvalue weighted by molar-refractivity contribution is -0.121. The number of carbonyl (C=O) groups is 2. The third-order valence-corrected chi connectivity index (χ3v) is 5.11. The number of nitrogens with zero attached hydrogens (tertiary/aromatic N) is 1.